The van der Waals surface area contributed by atoms with E-state index in [1.165, 1.54) is 0 Å². The molecule has 0 bridgehead atoms. The molecule has 2 fully saturated rings. The Hall–Kier alpha value is -0.0700. The first-order valence-electron chi connectivity index (χ1n) is 7.01. The largest absolute Gasteiger partial charge is 0.375 e. The fraction of sp³-hybridized carbons (Fsp3) is 0.923. The van der Waals surface area contributed by atoms with E-state index in [2.05, 4.69) is 24.1 Å². The minimum absolute atomic E-state index is 0. The van der Waals surface area contributed by atoms with Crippen LogP contribution in [-0.2, 0) is 9.53 Å². The second-order valence-electron chi connectivity index (χ2n) is 5.41. The summed E-state index contributed by atoms with van der Waals surface area (Å²) in [6, 6.07) is 0.577. The summed E-state index contributed by atoms with van der Waals surface area (Å²) in [5, 5.41) is 3.26. The highest BCUT2D eigenvalue weighted by atomic mass is 35.5. The first-order valence-corrected chi connectivity index (χ1v) is 7.01. The Morgan fingerprint density at radius 3 is 2.40 bits per heavy atom. The Bertz CT molecular complexity index is 279. The van der Waals surface area contributed by atoms with Gasteiger partial charge < -0.3 is 15.0 Å². The van der Waals surface area contributed by atoms with Gasteiger partial charge in [-0.2, -0.15) is 0 Å². The van der Waals surface area contributed by atoms with Gasteiger partial charge in [0.1, 0.15) is 0 Å². The van der Waals surface area contributed by atoms with Crippen LogP contribution in [0.2, 0.25) is 0 Å². The van der Waals surface area contributed by atoms with Crippen LogP contribution in [0.15, 0.2) is 0 Å². The summed E-state index contributed by atoms with van der Waals surface area (Å²) in [7, 11) is 0. The molecule has 20 heavy (non-hydrogen) atoms. The number of piperazine rings is 1. The van der Waals surface area contributed by atoms with Crippen molar-refractivity contribution in [1.29, 1.82) is 0 Å². The lowest BCUT2D eigenvalue weighted by molar-refractivity contribution is -0.136. The molecule has 5 nitrogen and oxygen atoms in total. The molecule has 0 aliphatic carbocycles. The predicted molar refractivity (Wildman–Crippen MR) is 85.0 cm³/mol. The van der Waals surface area contributed by atoms with Gasteiger partial charge in [0.15, 0.2) is 0 Å². The number of nitrogens with zero attached hydrogens (tertiary/aromatic N) is 2. The summed E-state index contributed by atoms with van der Waals surface area (Å²) in [5.41, 5.74) is 0. The smallest absolute Gasteiger partial charge is 0.225 e. The summed E-state index contributed by atoms with van der Waals surface area (Å²) in [5.74, 6) is 0.243. The molecule has 2 aliphatic rings. The maximum atomic E-state index is 12.1. The van der Waals surface area contributed by atoms with E-state index in [0.717, 1.165) is 45.9 Å². The number of halogens is 2. The number of hydrogen-bond donors (Lipinski definition) is 1. The molecule has 0 aromatic carbocycles. The lowest BCUT2D eigenvalue weighted by atomic mass is 10.2. The van der Waals surface area contributed by atoms with Crippen molar-refractivity contribution < 1.29 is 9.53 Å². The molecule has 0 aromatic heterocycles. The Balaban J connectivity index is 0.00000180. The fourth-order valence-corrected chi connectivity index (χ4v) is 2.56. The second kappa shape index (κ2) is 9.79. The molecule has 2 rings (SSSR count). The van der Waals surface area contributed by atoms with Gasteiger partial charge in [0.2, 0.25) is 5.91 Å². The van der Waals surface area contributed by atoms with Crippen LogP contribution in [0.5, 0.6) is 0 Å². The van der Waals surface area contributed by atoms with Gasteiger partial charge in [0, 0.05) is 45.3 Å². The highest BCUT2D eigenvalue weighted by Crippen LogP contribution is 2.10. The third-order valence-electron chi connectivity index (χ3n) is 3.80. The molecular formula is C13H27Cl2N3O2. The van der Waals surface area contributed by atoms with Gasteiger partial charge in [-0.05, 0) is 13.8 Å². The molecule has 7 heteroatoms. The molecule has 2 saturated heterocycles. The molecule has 1 amide bonds. The van der Waals surface area contributed by atoms with E-state index >= 15 is 0 Å². The van der Waals surface area contributed by atoms with Crippen LogP contribution in [-0.4, -0.2) is 73.7 Å². The quantitative estimate of drug-likeness (QED) is 0.831. The highest BCUT2D eigenvalue weighted by Gasteiger charge is 2.25. The van der Waals surface area contributed by atoms with E-state index in [-0.39, 0.29) is 36.8 Å². The zero-order valence-corrected chi connectivity index (χ0v) is 14.0. The molecule has 0 saturated carbocycles. The van der Waals surface area contributed by atoms with E-state index in [4.69, 9.17) is 4.74 Å². The third-order valence-corrected chi connectivity index (χ3v) is 3.80. The first-order chi connectivity index (χ1) is 8.66. The van der Waals surface area contributed by atoms with Gasteiger partial charge in [0.25, 0.3) is 0 Å². The minimum atomic E-state index is 0. The van der Waals surface area contributed by atoms with Crippen molar-refractivity contribution in [1.82, 2.24) is 15.1 Å². The summed E-state index contributed by atoms with van der Waals surface area (Å²) in [6.45, 7) is 10.5. The summed E-state index contributed by atoms with van der Waals surface area (Å²) in [6.07, 6.45) is 0.587. The first kappa shape index (κ1) is 19.9. The van der Waals surface area contributed by atoms with Crippen LogP contribution in [0.1, 0.15) is 20.3 Å². The molecule has 2 aliphatic heterocycles. The number of ether oxygens (including phenoxy) is 1. The number of carbonyl (C=O) groups is 1. The normalized spacial score (nSPS) is 23.9. The van der Waals surface area contributed by atoms with Crippen molar-refractivity contribution in [3.63, 3.8) is 0 Å². The summed E-state index contributed by atoms with van der Waals surface area (Å²) < 4.78 is 5.58. The summed E-state index contributed by atoms with van der Waals surface area (Å²) in [4.78, 5) is 16.5. The zero-order chi connectivity index (χ0) is 13.0. The van der Waals surface area contributed by atoms with Crippen LogP contribution < -0.4 is 5.32 Å². The Labute approximate surface area is 134 Å². The SMILES string of the molecule is CC(C)N1CCN(C(=O)CC2CNCCO2)CC1.Cl.Cl. The fourth-order valence-electron chi connectivity index (χ4n) is 2.56. The lowest BCUT2D eigenvalue weighted by Gasteiger charge is -2.37. The Morgan fingerprint density at radius 1 is 1.25 bits per heavy atom. The average molecular weight is 328 g/mol. The molecule has 0 aromatic rings. The monoisotopic (exact) mass is 327 g/mol. The van der Waals surface area contributed by atoms with Crippen LogP contribution >= 0.6 is 24.8 Å². The van der Waals surface area contributed by atoms with Crippen LogP contribution in [0.4, 0.5) is 0 Å². The summed E-state index contributed by atoms with van der Waals surface area (Å²) >= 11 is 0. The van der Waals surface area contributed by atoms with E-state index in [0.29, 0.717) is 12.5 Å². The van der Waals surface area contributed by atoms with E-state index < -0.39 is 0 Å². The van der Waals surface area contributed by atoms with Crippen molar-refractivity contribution in [2.75, 3.05) is 45.9 Å². The topological polar surface area (TPSA) is 44.8 Å². The number of carbonyl (C=O) groups excluding carboxylic acids is 1. The lowest BCUT2D eigenvalue weighted by Crippen LogP contribution is -2.52. The minimum Gasteiger partial charge on any atom is -0.375 e. The molecule has 1 unspecified atom stereocenters. The Kier molecular flexibility index (Phi) is 9.76. The standard InChI is InChI=1S/C13H25N3O2.2ClH/c1-11(2)15-4-6-16(7-5-15)13(17)9-12-10-14-3-8-18-12;;/h11-12,14H,3-10H2,1-2H3;2*1H. The van der Waals surface area contributed by atoms with Crippen molar-refractivity contribution in [2.24, 2.45) is 0 Å². The number of morpholine rings is 1. The molecule has 120 valence electrons. The van der Waals surface area contributed by atoms with Gasteiger partial charge in [-0.15, -0.1) is 24.8 Å². The molecule has 0 spiro atoms. The van der Waals surface area contributed by atoms with Crippen LogP contribution in [0.3, 0.4) is 0 Å². The number of nitrogens with one attached hydrogen (secondary N) is 1. The molecular weight excluding hydrogens is 301 g/mol. The number of amides is 1. The van der Waals surface area contributed by atoms with Crippen molar-refractivity contribution in [2.45, 2.75) is 32.4 Å². The van der Waals surface area contributed by atoms with Gasteiger partial charge >= 0.3 is 0 Å². The van der Waals surface area contributed by atoms with Crippen molar-refractivity contribution in [3.8, 4) is 0 Å². The second-order valence-corrected chi connectivity index (χ2v) is 5.41. The molecule has 1 N–H and O–H groups in total. The number of rotatable bonds is 3. The number of hydrogen-bond acceptors (Lipinski definition) is 4. The van der Waals surface area contributed by atoms with Gasteiger partial charge in [-0.3, -0.25) is 9.69 Å². The van der Waals surface area contributed by atoms with Crippen LogP contribution in [0.25, 0.3) is 0 Å². The molecule has 2 heterocycles. The van der Waals surface area contributed by atoms with E-state index in [1.807, 2.05) is 4.90 Å². The van der Waals surface area contributed by atoms with E-state index in [9.17, 15) is 4.79 Å². The Morgan fingerprint density at radius 2 is 1.90 bits per heavy atom. The van der Waals surface area contributed by atoms with Crippen molar-refractivity contribution in [3.05, 3.63) is 0 Å². The van der Waals surface area contributed by atoms with Gasteiger partial charge in [0.05, 0.1) is 19.1 Å². The van der Waals surface area contributed by atoms with Crippen molar-refractivity contribution >= 4 is 30.7 Å². The van der Waals surface area contributed by atoms with Gasteiger partial charge in [-0.1, -0.05) is 0 Å². The molecule has 0 radical (unpaired) electrons. The maximum absolute atomic E-state index is 12.1. The predicted octanol–water partition coefficient (Wildman–Crippen LogP) is 0.761. The highest BCUT2D eigenvalue weighted by molar-refractivity contribution is 5.85. The van der Waals surface area contributed by atoms with E-state index in [1.54, 1.807) is 0 Å². The zero-order valence-electron chi connectivity index (χ0n) is 12.3. The van der Waals surface area contributed by atoms with Crippen LogP contribution in [0, 0.1) is 0 Å². The molecule has 1 atom stereocenters. The maximum Gasteiger partial charge on any atom is 0.225 e. The van der Waals surface area contributed by atoms with Gasteiger partial charge in [-0.25, -0.2) is 0 Å². The average Bonchev–Trinajstić information content (AvgIpc) is 2.40. The third kappa shape index (κ3) is 5.74.